The molecule has 4 aromatic rings. The zero-order valence-corrected chi connectivity index (χ0v) is 18.2. The van der Waals surface area contributed by atoms with Gasteiger partial charge in [-0.1, -0.05) is 6.07 Å². The molecule has 156 valence electrons. The molecule has 6 heteroatoms. The molecule has 31 heavy (non-hydrogen) atoms. The molecule has 0 aliphatic carbocycles. The Kier molecular flexibility index (Phi) is 5.08. The van der Waals surface area contributed by atoms with Crippen LogP contribution < -0.4 is 0 Å². The third-order valence-corrected chi connectivity index (χ3v) is 6.08. The Morgan fingerprint density at radius 1 is 1.00 bits per heavy atom. The van der Waals surface area contributed by atoms with Crippen LogP contribution in [0.1, 0.15) is 33.8 Å². The molecule has 1 aliphatic heterocycles. The van der Waals surface area contributed by atoms with Crippen LogP contribution in [0.25, 0.3) is 17.2 Å². The molecule has 5 heterocycles. The average Bonchev–Trinajstić information content (AvgIpc) is 3.07. The molecule has 1 aliphatic rings. The standard InChI is InChI=1S/C25H26N6/c1-17-5-4-9-27-25(17)31-18(2)13-21(19(31)3)15-30-12-8-23-22(16-30)14-28-24(29-23)20-6-10-26-11-7-20/h4-7,9-11,13-14H,8,12,15-16H2,1-3H3. The highest BCUT2D eigenvalue weighted by Gasteiger charge is 2.21. The van der Waals surface area contributed by atoms with Crippen molar-refractivity contribution in [2.24, 2.45) is 0 Å². The van der Waals surface area contributed by atoms with E-state index >= 15 is 0 Å². The van der Waals surface area contributed by atoms with Crippen LogP contribution in [0.5, 0.6) is 0 Å². The summed E-state index contributed by atoms with van der Waals surface area (Å²) in [5.74, 6) is 1.80. The van der Waals surface area contributed by atoms with Crippen molar-refractivity contribution < 1.29 is 0 Å². The first-order valence-corrected chi connectivity index (χ1v) is 10.7. The van der Waals surface area contributed by atoms with Crippen LogP contribution in [0.2, 0.25) is 0 Å². The molecule has 0 saturated heterocycles. The number of hydrogen-bond acceptors (Lipinski definition) is 5. The lowest BCUT2D eigenvalue weighted by Gasteiger charge is -2.28. The maximum atomic E-state index is 4.83. The Morgan fingerprint density at radius 2 is 1.84 bits per heavy atom. The fourth-order valence-electron chi connectivity index (χ4n) is 4.42. The number of aromatic nitrogens is 5. The summed E-state index contributed by atoms with van der Waals surface area (Å²) in [7, 11) is 0. The van der Waals surface area contributed by atoms with Gasteiger partial charge in [0.25, 0.3) is 0 Å². The topological polar surface area (TPSA) is 59.7 Å². The molecule has 0 atom stereocenters. The van der Waals surface area contributed by atoms with Gasteiger partial charge in [-0.25, -0.2) is 15.0 Å². The molecule has 5 rings (SSSR count). The second kappa shape index (κ2) is 8.04. The van der Waals surface area contributed by atoms with Gasteiger partial charge in [-0.2, -0.15) is 0 Å². The van der Waals surface area contributed by atoms with Crippen LogP contribution in [-0.4, -0.2) is 35.9 Å². The van der Waals surface area contributed by atoms with E-state index in [4.69, 9.17) is 4.98 Å². The van der Waals surface area contributed by atoms with Gasteiger partial charge in [-0.05, 0) is 56.2 Å². The molecule has 0 N–H and O–H groups in total. The van der Waals surface area contributed by atoms with Crippen LogP contribution in [0.4, 0.5) is 0 Å². The first-order valence-electron chi connectivity index (χ1n) is 10.7. The number of fused-ring (bicyclic) bond motifs is 1. The minimum atomic E-state index is 0.781. The highest BCUT2D eigenvalue weighted by atomic mass is 15.1. The zero-order chi connectivity index (χ0) is 21.4. The van der Waals surface area contributed by atoms with Gasteiger partial charge in [0.1, 0.15) is 5.82 Å². The Balaban J connectivity index is 1.36. The highest BCUT2D eigenvalue weighted by molar-refractivity contribution is 5.54. The maximum Gasteiger partial charge on any atom is 0.159 e. The van der Waals surface area contributed by atoms with E-state index in [2.05, 4.69) is 57.3 Å². The molecular formula is C25H26N6. The minimum absolute atomic E-state index is 0.781. The molecule has 4 aromatic heterocycles. The lowest BCUT2D eigenvalue weighted by Crippen LogP contribution is -2.31. The summed E-state index contributed by atoms with van der Waals surface area (Å²) in [6.07, 6.45) is 8.35. The van der Waals surface area contributed by atoms with Gasteiger partial charge in [-0.15, -0.1) is 0 Å². The number of rotatable bonds is 4. The predicted molar refractivity (Wildman–Crippen MR) is 121 cm³/mol. The third kappa shape index (κ3) is 3.75. The Labute approximate surface area is 182 Å². The van der Waals surface area contributed by atoms with Crippen LogP contribution >= 0.6 is 0 Å². The fourth-order valence-corrected chi connectivity index (χ4v) is 4.42. The van der Waals surface area contributed by atoms with Crippen molar-refractivity contribution in [3.8, 4) is 17.2 Å². The van der Waals surface area contributed by atoms with Crippen LogP contribution in [0.15, 0.2) is 55.1 Å². The summed E-state index contributed by atoms with van der Waals surface area (Å²) >= 11 is 0. The van der Waals surface area contributed by atoms with E-state index in [1.165, 1.54) is 28.1 Å². The molecule has 0 unspecified atom stereocenters. The Bertz CT molecular complexity index is 1230. The van der Waals surface area contributed by atoms with Crippen molar-refractivity contribution in [2.45, 2.75) is 40.3 Å². The number of nitrogens with zero attached hydrogens (tertiary/aromatic N) is 6. The second-order valence-electron chi connectivity index (χ2n) is 8.24. The van der Waals surface area contributed by atoms with E-state index in [-0.39, 0.29) is 0 Å². The smallest absolute Gasteiger partial charge is 0.159 e. The molecule has 0 amide bonds. The van der Waals surface area contributed by atoms with Crippen molar-refractivity contribution in [1.82, 2.24) is 29.4 Å². The summed E-state index contributed by atoms with van der Waals surface area (Å²) < 4.78 is 2.27. The van der Waals surface area contributed by atoms with Gasteiger partial charge >= 0.3 is 0 Å². The van der Waals surface area contributed by atoms with Crippen molar-refractivity contribution in [3.05, 3.63) is 88.9 Å². The SMILES string of the molecule is Cc1cccnc1-n1c(C)cc(CN2CCc3nc(-c4ccncc4)ncc3C2)c1C. The molecule has 6 nitrogen and oxygen atoms in total. The average molecular weight is 411 g/mol. The van der Waals surface area contributed by atoms with Crippen molar-refractivity contribution in [3.63, 3.8) is 0 Å². The molecule has 0 spiro atoms. The van der Waals surface area contributed by atoms with Crippen LogP contribution in [0.3, 0.4) is 0 Å². The first kappa shape index (κ1) is 19.6. The van der Waals surface area contributed by atoms with Crippen LogP contribution in [-0.2, 0) is 19.5 Å². The zero-order valence-electron chi connectivity index (χ0n) is 18.2. The molecule has 0 bridgehead atoms. The summed E-state index contributed by atoms with van der Waals surface area (Å²) in [6, 6.07) is 10.3. The normalized spacial score (nSPS) is 13.9. The second-order valence-corrected chi connectivity index (χ2v) is 8.24. The molecule has 0 saturated carbocycles. The number of aryl methyl sites for hydroxylation is 2. The molecule has 0 radical (unpaired) electrons. The van der Waals surface area contributed by atoms with Crippen molar-refractivity contribution in [2.75, 3.05) is 6.54 Å². The van der Waals surface area contributed by atoms with Crippen molar-refractivity contribution >= 4 is 0 Å². The first-order chi connectivity index (χ1) is 15.1. The molecular weight excluding hydrogens is 384 g/mol. The van der Waals surface area contributed by atoms with E-state index in [0.717, 1.165) is 49.0 Å². The largest absolute Gasteiger partial charge is 0.303 e. The predicted octanol–water partition coefficient (Wildman–Crippen LogP) is 4.21. The summed E-state index contributed by atoms with van der Waals surface area (Å²) in [5.41, 5.74) is 8.40. The summed E-state index contributed by atoms with van der Waals surface area (Å²) in [5, 5.41) is 0. The summed E-state index contributed by atoms with van der Waals surface area (Å²) in [6.45, 7) is 9.24. The number of hydrogen-bond donors (Lipinski definition) is 0. The van der Waals surface area contributed by atoms with Gasteiger partial charge in [0, 0.05) is 73.4 Å². The van der Waals surface area contributed by atoms with Gasteiger partial charge in [0.15, 0.2) is 5.82 Å². The maximum absolute atomic E-state index is 4.83. The minimum Gasteiger partial charge on any atom is -0.303 e. The lowest BCUT2D eigenvalue weighted by atomic mass is 10.1. The van der Waals surface area contributed by atoms with E-state index in [0.29, 0.717) is 0 Å². The lowest BCUT2D eigenvalue weighted by molar-refractivity contribution is 0.242. The Hall–Kier alpha value is -3.38. The van der Waals surface area contributed by atoms with Crippen LogP contribution in [0, 0.1) is 20.8 Å². The van der Waals surface area contributed by atoms with Gasteiger partial charge < -0.3 is 4.57 Å². The van der Waals surface area contributed by atoms with E-state index in [1.807, 2.05) is 30.6 Å². The monoisotopic (exact) mass is 410 g/mol. The highest BCUT2D eigenvalue weighted by Crippen LogP contribution is 2.26. The quantitative estimate of drug-likeness (QED) is 0.504. The van der Waals surface area contributed by atoms with Crippen molar-refractivity contribution in [1.29, 1.82) is 0 Å². The Morgan fingerprint density at radius 3 is 2.65 bits per heavy atom. The van der Waals surface area contributed by atoms with E-state index in [9.17, 15) is 0 Å². The fraction of sp³-hybridized carbons (Fsp3) is 0.280. The molecule has 0 aromatic carbocycles. The number of pyridine rings is 2. The summed E-state index contributed by atoms with van der Waals surface area (Å²) in [4.78, 5) is 20.6. The van der Waals surface area contributed by atoms with Gasteiger partial charge in [0.2, 0.25) is 0 Å². The van der Waals surface area contributed by atoms with E-state index < -0.39 is 0 Å². The van der Waals surface area contributed by atoms with E-state index in [1.54, 1.807) is 12.4 Å². The van der Waals surface area contributed by atoms with Gasteiger partial charge in [-0.3, -0.25) is 9.88 Å². The molecule has 0 fully saturated rings. The van der Waals surface area contributed by atoms with Gasteiger partial charge in [0.05, 0.1) is 5.69 Å². The third-order valence-electron chi connectivity index (χ3n) is 6.08.